The second-order valence-electron chi connectivity index (χ2n) is 3.36. The Kier molecular flexibility index (Phi) is 2.18. The van der Waals surface area contributed by atoms with E-state index in [0.29, 0.717) is 0 Å². The van der Waals surface area contributed by atoms with Crippen LogP contribution in [0.4, 0.5) is 0 Å². The Hall–Kier alpha value is -0.570. The molecule has 0 aromatic rings. The van der Waals surface area contributed by atoms with E-state index < -0.39 is 0 Å². The Balaban J connectivity index is 2.67. The van der Waals surface area contributed by atoms with Crippen LogP contribution in [0.3, 0.4) is 0 Å². The van der Waals surface area contributed by atoms with Gasteiger partial charge in [0.05, 0.1) is 5.54 Å². The molecule has 0 saturated heterocycles. The van der Waals surface area contributed by atoms with Gasteiger partial charge in [0, 0.05) is 7.05 Å². The first-order chi connectivity index (χ1) is 5.13. The van der Waals surface area contributed by atoms with Crippen molar-refractivity contribution in [2.24, 2.45) is 0 Å². The van der Waals surface area contributed by atoms with Crippen LogP contribution in [0.1, 0.15) is 19.3 Å². The zero-order valence-corrected chi connectivity index (χ0v) is 7.48. The number of amides is 1. The van der Waals surface area contributed by atoms with E-state index in [2.05, 4.69) is 5.32 Å². The minimum Gasteiger partial charge on any atom is -0.358 e. The van der Waals surface area contributed by atoms with Gasteiger partial charge < -0.3 is 5.32 Å². The average molecular weight is 156 g/mol. The Morgan fingerprint density at radius 3 is 2.09 bits per heavy atom. The lowest BCUT2D eigenvalue weighted by Crippen LogP contribution is -2.59. The lowest BCUT2D eigenvalue weighted by molar-refractivity contribution is -0.136. The smallest absolute Gasteiger partial charge is 0.240 e. The molecule has 3 heteroatoms. The predicted molar refractivity (Wildman–Crippen MR) is 44.3 cm³/mol. The predicted octanol–water partition coefficient (Wildman–Crippen LogP) is 0.217. The van der Waals surface area contributed by atoms with Crippen molar-refractivity contribution in [3.8, 4) is 0 Å². The minimum absolute atomic E-state index is 0.161. The van der Waals surface area contributed by atoms with E-state index >= 15 is 0 Å². The van der Waals surface area contributed by atoms with Gasteiger partial charge in [-0.05, 0) is 33.4 Å². The zero-order valence-electron chi connectivity index (χ0n) is 7.48. The van der Waals surface area contributed by atoms with Crippen molar-refractivity contribution in [3.63, 3.8) is 0 Å². The van der Waals surface area contributed by atoms with Crippen molar-refractivity contribution >= 4 is 5.91 Å². The van der Waals surface area contributed by atoms with E-state index in [4.69, 9.17) is 0 Å². The maximum atomic E-state index is 11.4. The van der Waals surface area contributed by atoms with Gasteiger partial charge in [-0.2, -0.15) is 0 Å². The number of nitrogens with one attached hydrogen (secondary N) is 1. The van der Waals surface area contributed by atoms with Crippen LogP contribution in [0.2, 0.25) is 0 Å². The summed E-state index contributed by atoms with van der Waals surface area (Å²) in [5.41, 5.74) is -0.186. The number of rotatable bonds is 2. The van der Waals surface area contributed by atoms with Crippen LogP contribution in [0, 0.1) is 0 Å². The lowest BCUT2D eigenvalue weighted by atomic mass is 9.75. The summed E-state index contributed by atoms with van der Waals surface area (Å²) in [4.78, 5) is 13.4. The number of carbonyl (C=O) groups is 1. The second-order valence-corrected chi connectivity index (χ2v) is 3.36. The first kappa shape index (κ1) is 8.53. The molecule has 0 heterocycles. The van der Waals surface area contributed by atoms with Gasteiger partial charge in [-0.3, -0.25) is 9.69 Å². The average Bonchev–Trinajstić information content (AvgIpc) is 1.84. The number of hydrogen-bond donors (Lipinski definition) is 1. The molecule has 1 N–H and O–H groups in total. The fraction of sp³-hybridized carbons (Fsp3) is 0.875. The SMILES string of the molecule is CNC(=O)C1(N(C)C)CCC1. The summed E-state index contributed by atoms with van der Waals surface area (Å²) >= 11 is 0. The number of carbonyl (C=O) groups excluding carboxylic acids is 1. The molecule has 1 saturated carbocycles. The standard InChI is InChI=1S/C8H16N2O/c1-9-7(11)8(10(2)3)5-4-6-8/h4-6H2,1-3H3,(H,9,11). The van der Waals surface area contributed by atoms with E-state index in [9.17, 15) is 4.79 Å². The Morgan fingerprint density at radius 1 is 1.45 bits per heavy atom. The quantitative estimate of drug-likeness (QED) is 0.620. The Bertz CT molecular complexity index is 161. The van der Waals surface area contributed by atoms with E-state index in [1.807, 2.05) is 19.0 Å². The van der Waals surface area contributed by atoms with Crippen molar-refractivity contribution in [2.45, 2.75) is 24.8 Å². The summed E-state index contributed by atoms with van der Waals surface area (Å²) in [5, 5.41) is 2.71. The molecule has 64 valence electrons. The van der Waals surface area contributed by atoms with Crippen LogP contribution in [0.5, 0.6) is 0 Å². The first-order valence-corrected chi connectivity index (χ1v) is 4.03. The van der Waals surface area contributed by atoms with Gasteiger partial charge in [0.25, 0.3) is 0 Å². The van der Waals surface area contributed by atoms with Crippen molar-refractivity contribution in [2.75, 3.05) is 21.1 Å². The highest BCUT2D eigenvalue weighted by Crippen LogP contribution is 2.35. The normalized spacial score (nSPS) is 21.1. The third-order valence-electron chi connectivity index (χ3n) is 2.69. The Labute approximate surface area is 67.8 Å². The van der Waals surface area contributed by atoms with Crippen LogP contribution < -0.4 is 5.32 Å². The van der Waals surface area contributed by atoms with Crippen LogP contribution in [0.15, 0.2) is 0 Å². The minimum atomic E-state index is -0.186. The Morgan fingerprint density at radius 2 is 2.00 bits per heavy atom. The third kappa shape index (κ3) is 1.13. The monoisotopic (exact) mass is 156 g/mol. The van der Waals surface area contributed by atoms with E-state index in [1.54, 1.807) is 7.05 Å². The molecule has 0 unspecified atom stereocenters. The largest absolute Gasteiger partial charge is 0.358 e. The molecule has 0 radical (unpaired) electrons. The molecule has 0 atom stereocenters. The maximum Gasteiger partial charge on any atom is 0.240 e. The summed E-state index contributed by atoms with van der Waals surface area (Å²) < 4.78 is 0. The van der Waals surface area contributed by atoms with Crippen molar-refractivity contribution in [1.82, 2.24) is 10.2 Å². The molecular weight excluding hydrogens is 140 g/mol. The van der Waals surface area contributed by atoms with Crippen LogP contribution in [-0.4, -0.2) is 37.5 Å². The summed E-state index contributed by atoms with van der Waals surface area (Å²) in [7, 11) is 5.63. The van der Waals surface area contributed by atoms with E-state index in [-0.39, 0.29) is 11.4 Å². The summed E-state index contributed by atoms with van der Waals surface area (Å²) in [5.74, 6) is 0.161. The lowest BCUT2D eigenvalue weighted by Gasteiger charge is -2.45. The molecule has 3 nitrogen and oxygen atoms in total. The van der Waals surface area contributed by atoms with Crippen LogP contribution in [-0.2, 0) is 4.79 Å². The van der Waals surface area contributed by atoms with E-state index in [1.165, 1.54) is 6.42 Å². The van der Waals surface area contributed by atoms with Gasteiger partial charge in [-0.1, -0.05) is 0 Å². The topological polar surface area (TPSA) is 32.3 Å². The molecule has 0 aliphatic heterocycles. The molecule has 1 fully saturated rings. The highest BCUT2D eigenvalue weighted by molar-refractivity contribution is 5.86. The van der Waals surface area contributed by atoms with Gasteiger partial charge >= 0.3 is 0 Å². The molecule has 1 aliphatic rings. The van der Waals surface area contributed by atoms with Gasteiger partial charge in [-0.15, -0.1) is 0 Å². The van der Waals surface area contributed by atoms with Crippen molar-refractivity contribution < 1.29 is 4.79 Å². The number of hydrogen-bond acceptors (Lipinski definition) is 2. The molecule has 1 rings (SSSR count). The molecule has 0 spiro atoms. The summed E-state index contributed by atoms with van der Waals surface area (Å²) in [6, 6.07) is 0. The van der Waals surface area contributed by atoms with E-state index in [0.717, 1.165) is 12.8 Å². The van der Waals surface area contributed by atoms with Crippen molar-refractivity contribution in [3.05, 3.63) is 0 Å². The molecule has 1 amide bonds. The summed E-state index contributed by atoms with van der Waals surface area (Å²) in [6.07, 6.45) is 3.17. The second kappa shape index (κ2) is 2.81. The highest BCUT2D eigenvalue weighted by atomic mass is 16.2. The van der Waals surface area contributed by atoms with Crippen LogP contribution in [0.25, 0.3) is 0 Å². The first-order valence-electron chi connectivity index (χ1n) is 4.03. The van der Waals surface area contributed by atoms with Crippen molar-refractivity contribution in [1.29, 1.82) is 0 Å². The maximum absolute atomic E-state index is 11.4. The molecule has 0 aromatic heterocycles. The number of likely N-dealkylation sites (N-methyl/N-ethyl adjacent to an activating group) is 2. The van der Waals surface area contributed by atoms with Gasteiger partial charge in [-0.25, -0.2) is 0 Å². The van der Waals surface area contributed by atoms with Gasteiger partial charge in [0.2, 0.25) is 5.91 Å². The van der Waals surface area contributed by atoms with Gasteiger partial charge in [0.15, 0.2) is 0 Å². The fourth-order valence-electron chi connectivity index (χ4n) is 1.62. The molecule has 1 aliphatic carbocycles. The molecule has 11 heavy (non-hydrogen) atoms. The highest BCUT2D eigenvalue weighted by Gasteiger charge is 2.45. The number of nitrogens with zero attached hydrogens (tertiary/aromatic N) is 1. The van der Waals surface area contributed by atoms with Gasteiger partial charge in [0.1, 0.15) is 0 Å². The summed E-state index contributed by atoms with van der Waals surface area (Å²) in [6.45, 7) is 0. The van der Waals surface area contributed by atoms with Crippen LogP contribution >= 0.6 is 0 Å². The zero-order chi connectivity index (χ0) is 8.48. The third-order valence-corrected chi connectivity index (χ3v) is 2.69. The molecule has 0 aromatic carbocycles. The fourth-order valence-corrected chi connectivity index (χ4v) is 1.62. The molecule has 0 bridgehead atoms. The molecular formula is C8H16N2O.